The summed E-state index contributed by atoms with van der Waals surface area (Å²) in [5.41, 5.74) is 1.30. The number of rotatable bonds is 5. The Morgan fingerprint density at radius 2 is 1.92 bits per heavy atom. The highest BCUT2D eigenvalue weighted by atomic mass is 19.4. The maximum atomic E-state index is 14.0. The van der Waals surface area contributed by atoms with Crippen LogP contribution in [-0.4, -0.2) is 64.7 Å². The molecule has 0 saturated carbocycles. The van der Waals surface area contributed by atoms with Crippen LogP contribution in [0.25, 0.3) is 0 Å². The number of urea groups is 1. The number of hydrogen-bond acceptors (Lipinski definition) is 4. The minimum Gasteiger partial charge on any atom is -0.475 e. The maximum Gasteiger partial charge on any atom is 0.490 e. The summed E-state index contributed by atoms with van der Waals surface area (Å²) in [6.45, 7) is 14.6. The monoisotopic (exact) mass is 528 g/mol. The highest BCUT2D eigenvalue weighted by Crippen LogP contribution is 2.41. The molecule has 37 heavy (non-hydrogen) atoms. The third-order valence-electron chi connectivity index (χ3n) is 6.74. The van der Waals surface area contributed by atoms with Crippen LogP contribution in [0, 0.1) is 11.7 Å². The molecule has 1 saturated heterocycles. The number of aliphatic imine (C=N–C) groups is 1. The summed E-state index contributed by atoms with van der Waals surface area (Å²) in [7, 11) is 0. The number of alkyl halides is 3. The normalized spacial score (nSPS) is 22.9. The lowest BCUT2D eigenvalue weighted by atomic mass is 9.80. The Hall–Kier alpha value is -2.95. The standard InChI is InChI=1S/C24H35FN4O.C2HF3O2/c1-16(2)10-12-28-13-11-24(15-18(28)5)22(26-19(6)17(3)4)27-23(30)29(24)21-9-7-8-20(25)14-21;3-2(4,5)1(6)7/h7-10,14,17-19H,11-13,15H2,1-6H3,(H,26,27,30);(H,6,7)/t18-,19+,24+;/m0./s1. The van der Waals surface area contributed by atoms with Crippen molar-refractivity contribution in [1.82, 2.24) is 10.2 Å². The quantitative estimate of drug-likeness (QED) is 0.383. The Labute approximate surface area is 215 Å². The largest absolute Gasteiger partial charge is 0.490 e. The van der Waals surface area contributed by atoms with Crippen LogP contribution < -0.4 is 10.2 Å². The lowest BCUT2D eigenvalue weighted by Gasteiger charge is -2.48. The molecule has 1 aromatic carbocycles. The van der Waals surface area contributed by atoms with Crippen molar-refractivity contribution >= 4 is 23.5 Å². The Morgan fingerprint density at radius 1 is 1.30 bits per heavy atom. The third-order valence-corrected chi connectivity index (χ3v) is 6.74. The number of carboxylic acid groups (broad SMARTS) is 1. The zero-order valence-electron chi connectivity index (χ0n) is 22.1. The topological polar surface area (TPSA) is 85.2 Å². The number of anilines is 1. The first-order valence-electron chi connectivity index (χ1n) is 12.2. The Kier molecular flexibility index (Phi) is 9.87. The molecule has 0 bridgehead atoms. The average Bonchev–Trinajstić information content (AvgIpc) is 3.02. The lowest BCUT2D eigenvalue weighted by molar-refractivity contribution is -0.192. The second-order valence-electron chi connectivity index (χ2n) is 10.1. The molecule has 2 aliphatic heterocycles. The van der Waals surface area contributed by atoms with E-state index in [0.717, 1.165) is 31.8 Å². The molecule has 0 aromatic heterocycles. The smallest absolute Gasteiger partial charge is 0.475 e. The van der Waals surface area contributed by atoms with Gasteiger partial charge in [-0.15, -0.1) is 0 Å². The van der Waals surface area contributed by atoms with E-state index >= 15 is 0 Å². The van der Waals surface area contributed by atoms with E-state index in [0.29, 0.717) is 11.6 Å². The summed E-state index contributed by atoms with van der Waals surface area (Å²) in [4.78, 5) is 30.6. The molecule has 0 unspecified atom stereocenters. The van der Waals surface area contributed by atoms with Crippen molar-refractivity contribution < 1.29 is 32.3 Å². The zero-order valence-corrected chi connectivity index (χ0v) is 22.1. The van der Waals surface area contributed by atoms with Gasteiger partial charge in [0.15, 0.2) is 0 Å². The van der Waals surface area contributed by atoms with Crippen molar-refractivity contribution in [2.45, 2.75) is 78.2 Å². The van der Waals surface area contributed by atoms with Gasteiger partial charge in [0.2, 0.25) is 0 Å². The minimum atomic E-state index is -5.08. The third kappa shape index (κ3) is 7.53. The van der Waals surface area contributed by atoms with E-state index in [9.17, 15) is 22.4 Å². The molecular weight excluding hydrogens is 492 g/mol. The number of amides is 2. The van der Waals surface area contributed by atoms with Gasteiger partial charge in [-0.25, -0.2) is 14.0 Å². The maximum absolute atomic E-state index is 14.0. The molecule has 0 radical (unpaired) electrons. The van der Waals surface area contributed by atoms with Crippen molar-refractivity contribution in [1.29, 1.82) is 0 Å². The lowest BCUT2D eigenvalue weighted by Crippen LogP contribution is -2.64. The van der Waals surface area contributed by atoms with Gasteiger partial charge in [0.1, 0.15) is 17.2 Å². The van der Waals surface area contributed by atoms with Crippen molar-refractivity contribution in [3.63, 3.8) is 0 Å². The Morgan fingerprint density at radius 3 is 2.41 bits per heavy atom. The molecule has 2 N–H and O–H groups in total. The number of aliphatic carboxylic acids is 1. The molecule has 0 aliphatic carbocycles. The number of nitrogens with zero attached hydrogens (tertiary/aromatic N) is 3. The van der Waals surface area contributed by atoms with Gasteiger partial charge < -0.3 is 10.4 Å². The molecule has 1 spiro atoms. The van der Waals surface area contributed by atoms with Gasteiger partial charge in [-0.05, 0) is 64.7 Å². The summed E-state index contributed by atoms with van der Waals surface area (Å²) in [6, 6.07) is 6.42. The summed E-state index contributed by atoms with van der Waals surface area (Å²) in [5.74, 6) is -1.97. The van der Waals surface area contributed by atoms with E-state index in [1.807, 2.05) is 0 Å². The summed E-state index contributed by atoms with van der Waals surface area (Å²) in [6.07, 6.45) is -1.33. The molecule has 11 heteroatoms. The molecule has 3 atom stereocenters. The Balaban J connectivity index is 0.000000604. The fourth-order valence-electron chi connectivity index (χ4n) is 4.32. The number of carbonyl (C=O) groups is 2. The summed E-state index contributed by atoms with van der Waals surface area (Å²) in [5, 5.41) is 10.7. The van der Waals surface area contributed by atoms with E-state index in [4.69, 9.17) is 9.90 Å². The summed E-state index contributed by atoms with van der Waals surface area (Å²) >= 11 is 0. The van der Waals surface area contributed by atoms with Crippen LogP contribution in [0.3, 0.4) is 0 Å². The van der Waals surface area contributed by atoms with Crippen LogP contribution in [0.4, 0.5) is 28.0 Å². The summed E-state index contributed by atoms with van der Waals surface area (Å²) < 4.78 is 45.8. The fourth-order valence-corrected chi connectivity index (χ4v) is 4.32. The number of allylic oxidation sites excluding steroid dienone is 1. The van der Waals surface area contributed by atoms with Gasteiger partial charge in [-0.1, -0.05) is 31.6 Å². The first-order chi connectivity index (χ1) is 17.1. The fraction of sp³-hybridized carbons (Fsp3) is 0.577. The predicted molar refractivity (Wildman–Crippen MR) is 135 cm³/mol. The van der Waals surface area contributed by atoms with Crippen molar-refractivity contribution in [3.8, 4) is 0 Å². The second-order valence-corrected chi connectivity index (χ2v) is 10.1. The van der Waals surface area contributed by atoms with Crippen molar-refractivity contribution in [3.05, 3.63) is 41.7 Å². The zero-order chi connectivity index (χ0) is 28.1. The average molecular weight is 529 g/mol. The number of halogens is 4. The number of hydrogen-bond donors (Lipinski definition) is 2. The van der Waals surface area contributed by atoms with Gasteiger partial charge in [0, 0.05) is 30.9 Å². The number of carbonyl (C=O) groups excluding carboxylic acids is 1. The molecule has 1 fully saturated rings. The van der Waals surface area contributed by atoms with Crippen LogP contribution in [0.1, 0.15) is 54.4 Å². The predicted octanol–water partition coefficient (Wildman–Crippen LogP) is 5.62. The van der Waals surface area contributed by atoms with Crippen molar-refractivity contribution in [2.75, 3.05) is 18.0 Å². The van der Waals surface area contributed by atoms with E-state index in [-0.39, 0.29) is 23.9 Å². The molecule has 2 aliphatic rings. The number of likely N-dealkylation sites (tertiary alicyclic amines) is 1. The molecule has 3 rings (SSSR count). The van der Waals surface area contributed by atoms with E-state index < -0.39 is 17.7 Å². The molecular formula is C26H36F4N4O3. The molecule has 1 aromatic rings. The number of carboxylic acids is 1. The highest BCUT2D eigenvalue weighted by Gasteiger charge is 2.53. The van der Waals surface area contributed by atoms with Gasteiger partial charge in [-0.2, -0.15) is 18.2 Å². The van der Waals surface area contributed by atoms with Gasteiger partial charge in [-0.3, -0.25) is 9.80 Å². The minimum absolute atomic E-state index is 0.180. The van der Waals surface area contributed by atoms with Gasteiger partial charge in [0.05, 0.1) is 0 Å². The Bertz CT molecular complexity index is 1040. The number of piperidine rings is 1. The van der Waals surface area contributed by atoms with Gasteiger partial charge in [0.25, 0.3) is 0 Å². The highest BCUT2D eigenvalue weighted by molar-refractivity contribution is 6.16. The van der Waals surface area contributed by atoms with Crippen LogP contribution in [-0.2, 0) is 4.79 Å². The van der Waals surface area contributed by atoms with E-state index in [1.54, 1.807) is 17.0 Å². The first-order valence-corrected chi connectivity index (χ1v) is 12.2. The van der Waals surface area contributed by atoms with Gasteiger partial charge >= 0.3 is 18.2 Å². The molecule has 2 heterocycles. The number of benzene rings is 1. The van der Waals surface area contributed by atoms with Crippen LogP contribution in [0.2, 0.25) is 0 Å². The second kappa shape index (κ2) is 12.1. The number of amidine groups is 1. The first kappa shape index (κ1) is 30.3. The van der Waals surface area contributed by atoms with Crippen LogP contribution in [0.5, 0.6) is 0 Å². The molecule has 2 amide bonds. The van der Waals surface area contributed by atoms with Crippen LogP contribution >= 0.6 is 0 Å². The molecule has 7 nitrogen and oxygen atoms in total. The molecule has 206 valence electrons. The SMILES string of the molecule is CC(C)=CCN1CC[C@@]2(C[C@@H]1C)C(N[C@H](C)C(C)C)=NC(=O)N2c1cccc(F)c1.O=C(O)C(F)(F)F. The van der Waals surface area contributed by atoms with E-state index in [1.165, 1.54) is 17.7 Å². The van der Waals surface area contributed by atoms with Crippen LogP contribution in [0.15, 0.2) is 40.9 Å². The van der Waals surface area contributed by atoms with E-state index in [2.05, 4.69) is 62.8 Å². The van der Waals surface area contributed by atoms with Crippen molar-refractivity contribution in [2.24, 2.45) is 10.9 Å². The number of nitrogens with one attached hydrogen (secondary N) is 1.